The van der Waals surface area contributed by atoms with Gasteiger partial charge in [0.15, 0.2) is 5.82 Å². The fraction of sp³-hybridized carbons (Fsp3) is 0.529. The van der Waals surface area contributed by atoms with Crippen LogP contribution in [0.4, 0.5) is 14.6 Å². The van der Waals surface area contributed by atoms with Crippen LogP contribution < -0.4 is 9.64 Å². The third-order valence-corrected chi connectivity index (χ3v) is 10.6. The number of fused-ring (bicyclic) bond motifs is 7. The molecule has 45 heavy (non-hydrogen) atoms. The van der Waals surface area contributed by atoms with Gasteiger partial charge in [-0.15, -0.1) is 0 Å². The molecule has 0 spiro atoms. The zero-order valence-corrected chi connectivity index (χ0v) is 25.6. The van der Waals surface area contributed by atoms with Crippen LogP contribution in [0.5, 0.6) is 6.01 Å². The molecule has 2 N–H and O–H groups in total. The van der Waals surface area contributed by atoms with Crippen LogP contribution in [0, 0.1) is 18.7 Å². The summed E-state index contributed by atoms with van der Waals surface area (Å²) in [5.74, 6) is 0.0355. The molecule has 0 saturated carbocycles. The SMILES string of the molecule is Cc1cc2[nH]ncc2c2c1CCC/C=C/[C@H](O)[C@@H]1CCCN(C1)c1nc(OC[C@@]34CCCN3C[C@H](F)C4)nc3c(F)c-2ncc13. The van der Waals surface area contributed by atoms with Crippen LogP contribution in [0.25, 0.3) is 33.1 Å². The largest absolute Gasteiger partial charge is 0.461 e. The van der Waals surface area contributed by atoms with Gasteiger partial charge in [0.25, 0.3) is 0 Å². The Bertz CT molecular complexity index is 1790. The zero-order valence-electron chi connectivity index (χ0n) is 25.6. The molecule has 0 aliphatic carbocycles. The lowest BCUT2D eigenvalue weighted by atomic mass is 9.90. The van der Waals surface area contributed by atoms with Crippen molar-refractivity contribution in [2.24, 2.45) is 5.92 Å². The number of alkyl halides is 1. The van der Waals surface area contributed by atoms with Gasteiger partial charge in [-0.05, 0) is 75.6 Å². The second-order valence-corrected chi connectivity index (χ2v) is 13.4. The van der Waals surface area contributed by atoms with E-state index in [4.69, 9.17) is 14.7 Å². The summed E-state index contributed by atoms with van der Waals surface area (Å²) in [5.41, 5.74) is 3.58. The monoisotopic (exact) mass is 615 g/mol. The maximum absolute atomic E-state index is 17.0. The van der Waals surface area contributed by atoms with E-state index in [1.54, 1.807) is 12.4 Å². The van der Waals surface area contributed by atoms with Crippen molar-refractivity contribution in [3.8, 4) is 17.3 Å². The minimum Gasteiger partial charge on any atom is -0.461 e. The molecule has 3 saturated heterocycles. The van der Waals surface area contributed by atoms with Crippen molar-refractivity contribution in [1.29, 1.82) is 0 Å². The predicted octanol–water partition coefficient (Wildman–Crippen LogP) is 5.44. The van der Waals surface area contributed by atoms with Crippen LogP contribution in [-0.4, -0.2) is 85.8 Å². The Morgan fingerprint density at radius 3 is 2.96 bits per heavy atom. The molecule has 4 aromatic rings. The maximum atomic E-state index is 17.0. The number of halogens is 2. The zero-order chi connectivity index (χ0) is 30.7. The summed E-state index contributed by atoms with van der Waals surface area (Å²) in [6, 6.07) is 2.13. The van der Waals surface area contributed by atoms with Crippen LogP contribution in [0.15, 0.2) is 30.6 Å². The van der Waals surface area contributed by atoms with Gasteiger partial charge in [0.05, 0.1) is 28.7 Å². The number of anilines is 1. The molecule has 5 aliphatic rings. The predicted molar refractivity (Wildman–Crippen MR) is 169 cm³/mol. The number of allylic oxidation sites excluding steroid dienone is 1. The Morgan fingerprint density at radius 2 is 2.04 bits per heavy atom. The van der Waals surface area contributed by atoms with Gasteiger partial charge in [-0.2, -0.15) is 15.1 Å². The second kappa shape index (κ2) is 11.3. The molecule has 11 heteroatoms. The quantitative estimate of drug-likeness (QED) is 0.294. The summed E-state index contributed by atoms with van der Waals surface area (Å²) in [6.45, 7) is 4.84. The van der Waals surface area contributed by atoms with E-state index >= 15 is 4.39 Å². The Labute approximate surface area is 260 Å². The lowest BCUT2D eigenvalue weighted by Crippen LogP contribution is -2.43. The topological polar surface area (TPSA) is 103 Å². The lowest BCUT2D eigenvalue weighted by Gasteiger charge is -2.36. The number of aromatic nitrogens is 5. The van der Waals surface area contributed by atoms with E-state index < -0.39 is 18.1 Å². The fourth-order valence-electron chi connectivity index (χ4n) is 8.28. The fourth-order valence-corrected chi connectivity index (χ4v) is 8.28. The Hall–Kier alpha value is -3.70. The van der Waals surface area contributed by atoms with E-state index in [9.17, 15) is 9.50 Å². The maximum Gasteiger partial charge on any atom is 0.319 e. The molecule has 0 radical (unpaired) electrons. The number of aromatic amines is 1. The summed E-state index contributed by atoms with van der Waals surface area (Å²) < 4.78 is 37.8. The number of nitrogens with one attached hydrogen (secondary N) is 1. The van der Waals surface area contributed by atoms with Crippen molar-refractivity contribution in [1.82, 2.24) is 30.0 Å². The Kier molecular flexibility index (Phi) is 7.20. The molecule has 3 fully saturated rings. The number of pyridine rings is 1. The molecule has 6 bridgehead atoms. The van der Waals surface area contributed by atoms with Gasteiger partial charge in [-0.25, -0.2) is 8.78 Å². The number of rotatable bonds is 3. The third kappa shape index (κ3) is 4.95. The molecular weight excluding hydrogens is 576 g/mol. The van der Waals surface area contributed by atoms with Gasteiger partial charge in [-0.1, -0.05) is 12.2 Å². The van der Waals surface area contributed by atoms with Crippen LogP contribution in [-0.2, 0) is 6.42 Å². The number of piperidine rings is 1. The van der Waals surface area contributed by atoms with Gasteiger partial charge < -0.3 is 14.7 Å². The first-order valence-corrected chi connectivity index (χ1v) is 16.3. The first-order valence-electron chi connectivity index (χ1n) is 16.3. The van der Waals surface area contributed by atoms with E-state index in [2.05, 4.69) is 37.1 Å². The molecule has 0 unspecified atom stereocenters. The number of aliphatic hydroxyl groups is 1. The summed E-state index contributed by atoms with van der Waals surface area (Å²) in [5, 5.41) is 19.8. The number of hydrogen-bond acceptors (Lipinski definition) is 8. The van der Waals surface area contributed by atoms with Crippen LogP contribution in [0.3, 0.4) is 0 Å². The van der Waals surface area contributed by atoms with E-state index in [0.29, 0.717) is 37.3 Å². The summed E-state index contributed by atoms with van der Waals surface area (Å²) in [7, 11) is 0. The van der Waals surface area contributed by atoms with Gasteiger partial charge >= 0.3 is 6.01 Å². The van der Waals surface area contributed by atoms with Crippen molar-refractivity contribution in [2.45, 2.75) is 76.1 Å². The van der Waals surface area contributed by atoms with Gasteiger partial charge in [0.2, 0.25) is 0 Å². The van der Waals surface area contributed by atoms with Crippen molar-refractivity contribution < 1.29 is 18.6 Å². The highest BCUT2D eigenvalue weighted by Crippen LogP contribution is 2.42. The first kappa shape index (κ1) is 28.8. The first-order chi connectivity index (χ1) is 21.9. The van der Waals surface area contributed by atoms with E-state index in [1.165, 1.54) is 0 Å². The smallest absolute Gasteiger partial charge is 0.319 e. The van der Waals surface area contributed by atoms with Gasteiger partial charge in [0.1, 0.15) is 29.8 Å². The third-order valence-electron chi connectivity index (χ3n) is 10.6. The number of benzene rings is 1. The number of hydrogen-bond donors (Lipinski definition) is 2. The minimum absolute atomic E-state index is 0.0117. The lowest BCUT2D eigenvalue weighted by molar-refractivity contribution is 0.107. The average Bonchev–Trinajstić information content (AvgIpc) is 3.74. The van der Waals surface area contributed by atoms with E-state index in [1.807, 2.05) is 13.0 Å². The minimum atomic E-state index is -0.881. The number of aliphatic hydroxyl groups excluding tert-OH is 1. The summed E-state index contributed by atoms with van der Waals surface area (Å²) in [6.07, 6.45) is 12.3. The highest BCUT2D eigenvalue weighted by Gasteiger charge is 2.49. The molecular formula is C34H39F2N7O2. The molecule has 9 nitrogen and oxygen atoms in total. The molecule has 1 aromatic carbocycles. The molecule has 9 rings (SSSR count). The van der Waals surface area contributed by atoms with E-state index in [-0.39, 0.29) is 35.3 Å². The number of nitrogens with zero attached hydrogens (tertiary/aromatic N) is 6. The summed E-state index contributed by atoms with van der Waals surface area (Å²) in [4.78, 5) is 18.6. The van der Waals surface area contributed by atoms with Crippen molar-refractivity contribution >= 4 is 27.6 Å². The molecule has 0 amide bonds. The van der Waals surface area contributed by atoms with Gasteiger partial charge in [-0.3, -0.25) is 15.0 Å². The average molecular weight is 616 g/mol. The number of H-pyrrole nitrogens is 1. The number of aryl methyl sites for hydroxylation is 1. The van der Waals surface area contributed by atoms with Crippen molar-refractivity contribution in [3.63, 3.8) is 0 Å². The second-order valence-electron chi connectivity index (χ2n) is 13.4. The normalized spacial score (nSPS) is 27.8. The molecule has 4 atom stereocenters. The highest BCUT2D eigenvalue weighted by atomic mass is 19.1. The van der Waals surface area contributed by atoms with E-state index in [0.717, 1.165) is 79.1 Å². The summed E-state index contributed by atoms with van der Waals surface area (Å²) >= 11 is 0. The number of ether oxygens (including phenoxy) is 1. The standard InChI is InChI=1S/C34H39F2N7O2/c1-20-13-26-24(16-38-41-26)28-23(20)8-3-2-4-9-27(44)21-7-5-11-42(17-21)32-25-15-37-31(28)29(36)30(25)39-33(40-32)45-19-34-10-6-12-43(34)18-22(35)14-34/h4,9,13,15-16,21-22,27,44H,2-3,5-8,10-12,14,17-19H2,1H3,(H,38,41)/b9-4+/t21-,22-,27+,34+/m1/s1. The highest BCUT2D eigenvalue weighted by molar-refractivity contribution is 5.99. The Balaban J connectivity index is 1.30. The van der Waals surface area contributed by atoms with Crippen LogP contribution in [0.1, 0.15) is 56.1 Å². The molecule has 236 valence electrons. The molecule has 8 heterocycles. The van der Waals surface area contributed by atoms with Crippen LogP contribution >= 0.6 is 0 Å². The van der Waals surface area contributed by atoms with Crippen LogP contribution in [0.2, 0.25) is 0 Å². The van der Waals surface area contributed by atoms with Crippen molar-refractivity contribution in [3.05, 3.63) is 47.6 Å². The molecule has 5 aliphatic heterocycles. The Morgan fingerprint density at radius 1 is 1.13 bits per heavy atom. The van der Waals surface area contributed by atoms with Crippen molar-refractivity contribution in [2.75, 3.05) is 37.7 Å². The van der Waals surface area contributed by atoms with Gasteiger partial charge in [0, 0.05) is 49.1 Å². The molecule has 3 aromatic heterocycles.